The summed E-state index contributed by atoms with van der Waals surface area (Å²) in [5.74, 6) is 0. The number of nitrogens with two attached hydrogens (primary N) is 2. The largest absolute Gasteiger partial charge is 0.330 e. The number of hydrogen-bond donors (Lipinski definition) is 2. The predicted octanol–water partition coefficient (Wildman–Crippen LogP) is 1.60. The van der Waals surface area contributed by atoms with Crippen LogP contribution in [-0.4, -0.2) is 6.54 Å². The van der Waals surface area contributed by atoms with Crippen molar-refractivity contribution in [2.45, 2.75) is 25.8 Å². The van der Waals surface area contributed by atoms with Crippen molar-refractivity contribution in [2.75, 3.05) is 6.54 Å². The van der Waals surface area contributed by atoms with Crippen molar-refractivity contribution >= 4 is 0 Å². The molecule has 0 saturated carbocycles. The zero-order valence-electron chi connectivity index (χ0n) is 8.16. The van der Waals surface area contributed by atoms with E-state index in [1.807, 2.05) is 0 Å². The molecule has 1 aromatic rings. The number of rotatable bonds is 4. The van der Waals surface area contributed by atoms with Crippen LogP contribution in [-0.2, 0) is 6.42 Å². The quantitative estimate of drug-likeness (QED) is 0.735. The highest BCUT2D eigenvalue weighted by Crippen LogP contribution is 2.14. The Morgan fingerprint density at radius 1 is 1.23 bits per heavy atom. The third-order valence-electron chi connectivity index (χ3n) is 2.29. The van der Waals surface area contributed by atoms with Crippen LogP contribution < -0.4 is 11.5 Å². The molecule has 0 unspecified atom stereocenters. The number of aryl methyl sites for hydroxylation is 1. The minimum atomic E-state index is 0.0934. The third kappa shape index (κ3) is 2.83. The van der Waals surface area contributed by atoms with Gasteiger partial charge in [-0.2, -0.15) is 0 Å². The molecule has 0 heterocycles. The van der Waals surface area contributed by atoms with E-state index in [0.717, 1.165) is 12.8 Å². The van der Waals surface area contributed by atoms with Crippen LogP contribution in [0.1, 0.15) is 30.5 Å². The summed E-state index contributed by atoms with van der Waals surface area (Å²) < 4.78 is 0. The predicted molar refractivity (Wildman–Crippen MR) is 56.4 cm³/mol. The Bertz CT molecular complexity index is 241. The van der Waals surface area contributed by atoms with Gasteiger partial charge in [0.25, 0.3) is 0 Å². The Balaban J connectivity index is 2.67. The standard InChI is InChI=1S/C11H18N2/c1-2-9-3-5-10(6-4-9)11(13)7-8-12/h3-6,11H,2,7-8,12-13H2,1H3/t11-/m1/s1. The molecule has 2 heteroatoms. The van der Waals surface area contributed by atoms with E-state index >= 15 is 0 Å². The van der Waals surface area contributed by atoms with Crippen LogP contribution >= 0.6 is 0 Å². The molecule has 0 radical (unpaired) electrons. The molecule has 0 aliphatic carbocycles. The first-order valence-corrected chi connectivity index (χ1v) is 4.82. The lowest BCUT2D eigenvalue weighted by Gasteiger charge is -2.10. The van der Waals surface area contributed by atoms with Crippen molar-refractivity contribution in [1.82, 2.24) is 0 Å². The molecule has 0 aliphatic heterocycles. The molecule has 1 aromatic carbocycles. The molecular formula is C11H18N2. The second kappa shape index (κ2) is 5.00. The Morgan fingerprint density at radius 3 is 2.31 bits per heavy atom. The van der Waals surface area contributed by atoms with Crippen molar-refractivity contribution < 1.29 is 0 Å². The zero-order chi connectivity index (χ0) is 9.68. The topological polar surface area (TPSA) is 52.0 Å². The normalized spacial score (nSPS) is 12.8. The van der Waals surface area contributed by atoms with Crippen LogP contribution in [0.3, 0.4) is 0 Å². The van der Waals surface area contributed by atoms with Gasteiger partial charge in [-0.15, -0.1) is 0 Å². The van der Waals surface area contributed by atoms with Gasteiger partial charge in [0, 0.05) is 6.04 Å². The van der Waals surface area contributed by atoms with Gasteiger partial charge in [0.15, 0.2) is 0 Å². The highest BCUT2D eigenvalue weighted by Gasteiger charge is 2.03. The summed E-state index contributed by atoms with van der Waals surface area (Å²) in [5, 5.41) is 0. The summed E-state index contributed by atoms with van der Waals surface area (Å²) in [6.07, 6.45) is 1.93. The van der Waals surface area contributed by atoms with E-state index in [1.165, 1.54) is 11.1 Å². The molecule has 1 rings (SSSR count). The average molecular weight is 178 g/mol. The maximum Gasteiger partial charge on any atom is 0.0306 e. The Labute approximate surface area is 79.9 Å². The van der Waals surface area contributed by atoms with E-state index in [4.69, 9.17) is 11.5 Å². The molecule has 2 nitrogen and oxygen atoms in total. The molecule has 0 bridgehead atoms. The Hall–Kier alpha value is -0.860. The van der Waals surface area contributed by atoms with Crippen LogP contribution in [0.5, 0.6) is 0 Å². The van der Waals surface area contributed by atoms with E-state index in [0.29, 0.717) is 6.54 Å². The molecule has 0 aromatic heterocycles. The summed E-state index contributed by atoms with van der Waals surface area (Å²) in [6, 6.07) is 8.55. The molecular weight excluding hydrogens is 160 g/mol. The maximum absolute atomic E-state index is 5.92. The van der Waals surface area contributed by atoms with Crippen LogP contribution in [0.2, 0.25) is 0 Å². The third-order valence-corrected chi connectivity index (χ3v) is 2.29. The highest BCUT2D eigenvalue weighted by atomic mass is 14.7. The fourth-order valence-electron chi connectivity index (χ4n) is 1.35. The fraction of sp³-hybridized carbons (Fsp3) is 0.455. The molecule has 0 spiro atoms. The summed E-state index contributed by atoms with van der Waals surface area (Å²) in [6.45, 7) is 2.80. The number of benzene rings is 1. The van der Waals surface area contributed by atoms with Crippen molar-refractivity contribution in [3.63, 3.8) is 0 Å². The number of hydrogen-bond acceptors (Lipinski definition) is 2. The van der Waals surface area contributed by atoms with Gasteiger partial charge in [-0.3, -0.25) is 0 Å². The van der Waals surface area contributed by atoms with Gasteiger partial charge in [0.2, 0.25) is 0 Å². The minimum absolute atomic E-state index is 0.0934. The van der Waals surface area contributed by atoms with Crippen LogP contribution in [0, 0.1) is 0 Å². The van der Waals surface area contributed by atoms with Gasteiger partial charge >= 0.3 is 0 Å². The zero-order valence-corrected chi connectivity index (χ0v) is 8.16. The summed E-state index contributed by atoms with van der Waals surface area (Å²) in [5.41, 5.74) is 13.9. The van der Waals surface area contributed by atoms with Gasteiger partial charge in [-0.25, -0.2) is 0 Å². The molecule has 0 amide bonds. The minimum Gasteiger partial charge on any atom is -0.330 e. The SMILES string of the molecule is CCc1ccc([C@H](N)CCN)cc1. The summed E-state index contributed by atoms with van der Waals surface area (Å²) in [4.78, 5) is 0. The molecule has 4 N–H and O–H groups in total. The summed E-state index contributed by atoms with van der Waals surface area (Å²) >= 11 is 0. The molecule has 0 aliphatic rings. The smallest absolute Gasteiger partial charge is 0.0306 e. The van der Waals surface area contributed by atoms with E-state index in [1.54, 1.807) is 0 Å². The second-order valence-electron chi connectivity index (χ2n) is 3.28. The van der Waals surface area contributed by atoms with Crippen LogP contribution in [0.4, 0.5) is 0 Å². The van der Waals surface area contributed by atoms with Gasteiger partial charge in [0.1, 0.15) is 0 Å². The van der Waals surface area contributed by atoms with Gasteiger partial charge in [0.05, 0.1) is 0 Å². The summed E-state index contributed by atoms with van der Waals surface area (Å²) in [7, 11) is 0. The second-order valence-corrected chi connectivity index (χ2v) is 3.28. The first-order chi connectivity index (χ1) is 6.27. The van der Waals surface area contributed by atoms with E-state index < -0.39 is 0 Å². The van der Waals surface area contributed by atoms with E-state index in [-0.39, 0.29) is 6.04 Å². The lowest BCUT2D eigenvalue weighted by atomic mass is 10.0. The van der Waals surface area contributed by atoms with Crippen molar-refractivity contribution in [2.24, 2.45) is 11.5 Å². The maximum atomic E-state index is 5.92. The van der Waals surface area contributed by atoms with Crippen molar-refractivity contribution in [3.05, 3.63) is 35.4 Å². The highest BCUT2D eigenvalue weighted by molar-refractivity contribution is 5.24. The first-order valence-electron chi connectivity index (χ1n) is 4.82. The lowest BCUT2D eigenvalue weighted by Crippen LogP contribution is -2.15. The first kappa shape index (κ1) is 10.2. The monoisotopic (exact) mass is 178 g/mol. The molecule has 0 fully saturated rings. The lowest BCUT2D eigenvalue weighted by molar-refractivity contribution is 0.661. The van der Waals surface area contributed by atoms with Crippen molar-refractivity contribution in [1.29, 1.82) is 0 Å². The molecule has 72 valence electrons. The van der Waals surface area contributed by atoms with E-state index in [9.17, 15) is 0 Å². The molecule has 1 atom stereocenters. The van der Waals surface area contributed by atoms with Crippen molar-refractivity contribution in [3.8, 4) is 0 Å². The fourth-order valence-corrected chi connectivity index (χ4v) is 1.35. The molecule has 0 saturated heterocycles. The Morgan fingerprint density at radius 2 is 1.85 bits per heavy atom. The van der Waals surface area contributed by atoms with Gasteiger partial charge < -0.3 is 11.5 Å². The van der Waals surface area contributed by atoms with Gasteiger partial charge in [-0.1, -0.05) is 31.2 Å². The Kier molecular flexibility index (Phi) is 3.93. The van der Waals surface area contributed by atoms with Gasteiger partial charge in [-0.05, 0) is 30.5 Å². The van der Waals surface area contributed by atoms with Crippen LogP contribution in [0.15, 0.2) is 24.3 Å². The van der Waals surface area contributed by atoms with E-state index in [2.05, 4.69) is 31.2 Å². The van der Waals surface area contributed by atoms with Crippen LogP contribution in [0.25, 0.3) is 0 Å². The average Bonchev–Trinajstić information content (AvgIpc) is 2.18. The molecule has 13 heavy (non-hydrogen) atoms.